The summed E-state index contributed by atoms with van der Waals surface area (Å²) in [5, 5.41) is 3.51. The molecule has 6 nitrogen and oxygen atoms in total. The van der Waals surface area contributed by atoms with Gasteiger partial charge in [-0.15, -0.1) is 0 Å². The topological polar surface area (TPSA) is 89.3 Å². The minimum absolute atomic E-state index is 0.0199. The Balaban J connectivity index is 2.18. The van der Waals surface area contributed by atoms with Crippen molar-refractivity contribution in [2.24, 2.45) is 5.84 Å². The fourth-order valence-electron chi connectivity index (χ4n) is 2.05. The van der Waals surface area contributed by atoms with Crippen LogP contribution in [0.15, 0.2) is 12.1 Å². The van der Waals surface area contributed by atoms with Gasteiger partial charge in [0, 0.05) is 18.2 Å². The van der Waals surface area contributed by atoms with Crippen LogP contribution in [0, 0.1) is 0 Å². The molecule has 0 unspecified atom stereocenters. The number of amides is 1. The predicted molar refractivity (Wildman–Crippen MR) is 86.8 cm³/mol. The first-order chi connectivity index (χ1) is 10.2. The van der Waals surface area contributed by atoms with Crippen LogP contribution in [0.4, 0.5) is 10.8 Å². The van der Waals surface area contributed by atoms with E-state index < -0.39 is 0 Å². The lowest BCUT2D eigenvalue weighted by atomic mass is 10.2. The number of fused-ring (bicyclic) bond motifs is 1. The summed E-state index contributed by atoms with van der Waals surface area (Å²) in [4.78, 5) is 16.2. The van der Waals surface area contributed by atoms with E-state index in [1.807, 2.05) is 6.07 Å². The summed E-state index contributed by atoms with van der Waals surface area (Å²) in [6.07, 6.45) is 3.61. The zero-order valence-electron chi connectivity index (χ0n) is 12.2. The molecule has 0 saturated heterocycles. The van der Waals surface area contributed by atoms with Gasteiger partial charge >= 0.3 is 0 Å². The molecule has 1 amide bonds. The summed E-state index contributed by atoms with van der Waals surface area (Å²) in [6, 6.07) is 3.66. The minimum atomic E-state index is 0.0199. The highest BCUT2D eigenvalue weighted by atomic mass is 32.1. The van der Waals surface area contributed by atoms with Crippen molar-refractivity contribution in [3.63, 3.8) is 0 Å². The fourth-order valence-corrected chi connectivity index (χ4v) is 2.88. The van der Waals surface area contributed by atoms with Crippen molar-refractivity contribution in [3.05, 3.63) is 12.1 Å². The maximum Gasteiger partial charge on any atom is 0.224 e. The van der Waals surface area contributed by atoms with Crippen LogP contribution in [0.5, 0.6) is 5.75 Å². The van der Waals surface area contributed by atoms with Gasteiger partial charge in [-0.2, -0.15) is 0 Å². The van der Waals surface area contributed by atoms with Crippen LogP contribution in [0.25, 0.3) is 10.2 Å². The van der Waals surface area contributed by atoms with E-state index in [1.54, 1.807) is 13.2 Å². The first-order valence-electron chi connectivity index (χ1n) is 6.93. The molecule has 0 bridgehead atoms. The summed E-state index contributed by atoms with van der Waals surface area (Å²) in [6.45, 7) is 2.11. The summed E-state index contributed by atoms with van der Waals surface area (Å²) >= 11 is 1.41. The Hall–Kier alpha value is -1.86. The van der Waals surface area contributed by atoms with Crippen LogP contribution in [-0.4, -0.2) is 18.0 Å². The molecule has 0 saturated carbocycles. The van der Waals surface area contributed by atoms with Gasteiger partial charge in [0.2, 0.25) is 5.91 Å². The molecule has 0 aliphatic rings. The first-order valence-corrected chi connectivity index (χ1v) is 7.74. The van der Waals surface area contributed by atoms with Gasteiger partial charge in [0.05, 0.1) is 11.8 Å². The highest BCUT2D eigenvalue weighted by Gasteiger charge is 2.12. The van der Waals surface area contributed by atoms with Gasteiger partial charge in [-0.05, 0) is 12.5 Å². The second-order valence-electron chi connectivity index (χ2n) is 4.69. The molecule has 7 heteroatoms. The zero-order valence-corrected chi connectivity index (χ0v) is 13.0. The molecule has 0 aliphatic heterocycles. The van der Waals surface area contributed by atoms with E-state index in [4.69, 9.17) is 10.6 Å². The van der Waals surface area contributed by atoms with Crippen LogP contribution < -0.4 is 21.3 Å². The number of nitrogen functional groups attached to an aromatic ring is 1. The van der Waals surface area contributed by atoms with Crippen molar-refractivity contribution in [3.8, 4) is 5.75 Å². The van der Waals surface area contributed by atoms with Gasteiger partial charge in [0.25, 0.3) is 0 Å². The maximum atomic E-state index is 11.9. The third kappa shape index (κ3) is 3.83. The predicted octanol–water partition coefficient (Wildman–Crippen LogP) is 3.11. The van der Waals surface area contributed by atoms with Gasteiger partial charge in [-0.3, -0.25) is 10.2 Å². The number of carbonyl (C=O) groups is 1. The highest BCUT2D eigenvalue weighted by molar-refractivity contribution is 7.22. The second kappa shape index (κ2) is 7.24. The van der Waals surface area contributed by atoms with Crippen molar-refractivity contribution < 1.29 is 9.53 Å². The lowest BCUT2D eigenvalue weighted by Crippen LogP contribution is -2.11. The molecular weight excluding hydrogens is 288 g/mol. The zero-order chi connectivity index (χ0) is 15.2. The van der Waals surface area contributed by atoms with Gasteiger partial charge in [-0.25, -0.2) is 10.8 Å². The van der Waals surface area contributed by atoms with Crippen LogP contribution in [0.2, 0.25) is 0 Å². The van der Waals surface area contributed by atoms with E-state index >= 15 is 0 Å². The van der Waals surface area contributed by atoms with Crippen molar-refractivity contribution in [1.29, 1.82) is 0 Å². The lowest BCUT2D eigenvalue weighted by molar-refractivity contribution is -0.116. The number of ether oxygens (including phenoxy) is 1. The maximum absolute atomic E-state index is 11.9. The summed E-state index contributed by atoms with van der Waals surface area (Å²) in [5.74, 6) is 6.02. The number of nitrogens with zero attached hydrogens (tertiary/aromatic N) is 1. The summed E-state index contributed by atoms with van der Waals surface area (Å²) in [5.41, 5.74) is 3.98. The van der Waals surface area contributed by atoms with Crippen molar-refractivity contribution in [2.45, 2.75) is 32.6 Å². The average molecular weight is 308 g/mol. The van der Waals surface area contributed by atoms with E-state index in [0.29, 0.717) is 23.0 Å². The Bertz CT molecular complexity index is 627. The van der Waals surface area contributed by atoms with Crippen molar-refractivity contribution >= 4 is 38.3 Å². The molecule has 2 aromatic rings. The Morgan fingerprint density at radius 3 is 2.90 bits per heavy atom. The van der Waals surface area contributed by atoms with Crippen molar-refractivity contribution in [1.82, 2.24) is 4.98 Å². The Labute approximate surface area is 127 Å². The molecule has 1 aromatic heterocycles. The number of anilines is 2. The number of benzene rings is 1. The average Bonchev–Trinajstić information content (AvgIpc) is 2.89. The number of hydrogen-bond acceptors (Lipinski definition) is 6. The van der Waals surface area contributed by atoms with E-state index in [1.165, 1.54) is 11.3 Å². The van der Waals surface area contributed by atoms with Crippen LogP contribution >= 0.6 is 11.3 Å². The van der Waals surface area contributed by atoms with Crippen LogP contribution in [0.1, 0.15) is 32.6 Å². The SMILES string of the molecule is CCCCCC(=O)Nc1cc(OC)c2nc(NN)sc2c1. The number of aromatic nitrogens is 1. The number of hydrazine groups is 1. The normalized spacial score (nSPS) is 10.6. The van der Waals surface area contributed by atoms with Gasteiger partial charge in [0.15, 0.2) is 5.13 Å². The summed E-state index contributed by atoms with van der Waals surface area (Å²) in [7, 11) is 1.58. The highest BCUT2D eigenvalue weighted by Crippen LogP contribution is 2.35. The van der Waals surface area contributed by atoms with E-state index in [9.17, 15) is 4.79 Å². The number of nitrogens with two attached hydrogens (primary N) is 1. The molecule has 0 radical (unpaired) electrons. The molecule has 2 rings (SSSR count). The van der Waals surface area contributed by atoms with Gasteiger partial charge in [-0.1, -0.05) is 31.1 Å². The van der Waals surface area contributed by atoms with Gasteiger partial charge in [0.1, 0.15) is 11.3 Å². The molecule has 21 heavy (non-hydrogen) atoms. The molecule has 114 valence electrons. The Morgan fingerprint density at radius 2 is 2.24 bits per heavy atom. The molecule has 0 spiro atoms. The molecule has 0 aliphatic carbocycles. The summed E-state index contributed by atoms with van der Waals surface area (Å²) < 4.78 is 6.24. The molecule has 1 aromatic carbocycles. The number of unbranched alkanes of at least 4 members (excludes halogenated alkanes) is 2. The number of methoxy groups -OCH3 is 1. The third-order valence-corrected chi connectivity index (χ3v) is 4.03. The van der Waals surface area contributed by atoms with Crippen LogP contribution in [-0.2, 0) is 4.79 Å². The quantitative estimate of drug-likeness (QED) is 0.415. The second-order valence-corrected chi connectivity index (χ2v) is 5.72. The fraction of sp³-hybridized carbons (Fsp3) is 0.429. The number of rotatable bonds is 7. The largest absolute Gasteiger partial charge is 0.494 e. The first kappa shape index (κ1) is 15.5. The van der Waals surface area contributed by atoms with Crippen molar-refractivity contribution in [2.75, 3.05) is 17.9 Å². The Kier molecular flexibility index (Phi) is 5.35. The van der Waals surface area contributed by atoms with E-state index in [0.717, 1.165) is 29.5 Å². The van der Waals surface area contributed by atoms with Crippen LogP contribution in [0.3, 0.4) is 0 Å². The molecule has 0 atom stereocenters. The minimum Gasteiger partial charge on any atom is -0.494 e. The van der Waals surface area contributed by atoms with E-state index in [2.05, 4.69) is 22.7 Å². The number of carbonyl (C=O) groups excluding carboxylic acids is 1. The standard InChI is InChI=1S/C14H20N4O2S/c1-3-4-5-6-12(19)16-9-7-10(20-2)13-11(8-9)21-14(17-13)18-15/h7-8H,3-6,15H2,1-2H3,(H,16,19)(H,17,18). The Morgan fingerprint density at radius 1 is 1.43 bits per heavy atom. The number of nitrogens with one attached hydrogen (secondary N) is 2. The molecule has 1 heterocycles. The van der Waals surface area contributed by atoms with E-state index in [-0.39, 0.29) is 5.91 Å². The molecular formula is C14H20N4O2S. The smallest absolute Gasteiger partial charge is 0.224 e. The number of thiazole rings is 1. The number of hydrogen-bond donors (Lipinski definition) is 3. The monoisotopic (exact) mass is 308 g/mol. The molecule has 0 fully saturated rings. The third-order valence-electron chi connectivity index (χ3n) is 3.09. The lowest BCUT2D eigenvalue weighted by Gasteiger charge is -2.07. The molecule has 4 N–H and O–H groups in total. The van der Waals surface area contributed by atoms with Gasteiger partial charge < -0.3 is 10.1 Å².